The number of pyridine rings is 1. The number of allylic oxidation sites excluding steroid dienone is 4. The standard InChI is InChI=1S/C32H34N2O9S2/c1-15-11-19-25(37)18-3-2-4-20-24(18)27(39)31(19,22(36)12-15)14-44-45-23-6-5-17-16(8-10-33-29(17)34-23)7-9-32(41)26(38)21(13-35)43-30(42-20)28(32)40/h2-4,8,10-12,19,21,23,26,28,30,35-36,38,40-41H,5-7,9,13-14H2,1H3,(H,33,34). The zero-order valence-corrected chi connectivity index (χ0v) is 26.0. The molecule has 1 fully saturated rings. The fourth-order valence-corrected chi connectivity index (χ4v) is 10.1. The van der Waals surface area contributed by atoms with Gasteiger partial charge in [0.1, 0.15) is 46.7 Å². The minimum Gasteiger partial charge on any atom is -0.511 e. The molecule has 8 atom stereocenters. The first-order valence-electron chi connectivity index (χ1n) is 14.9. The first kappa shape index (κ1) is 30.7. The first-order valence-corrected chi connectivity index (χ1v) is 17.3. The number of aliphatic hydroxyl groups excluding tert-OH is 4. The number of nitrogens with one attached hydrogen (secondary N) is 1. The summed E-state index contributed by atoms with van der Waals surface area (Å²) in [4.78, 5) is 33.3. The molecule has 4 aliphatic heterocycles. The van der Waals surface area contributed by atoms with Gasteiger partial charge < -0.3 is 40.3 Å². The molecule has 13 heteroatoms. The van der Waals surface area contributed by atoms with Crippen molar-refractivity contribution in [1.29, 1.82) is 0 Å². The summed E-state index contributed by atoms with van der Waals surface area (Å²) in [5.41, 5.74) is -1.21. The zero-order valence-electron chi connectivity index (χ0n) is 24.4. The van der Waals surface area contributed by atoms with Crippen LogP contribution in [0.4, 0.5) is 5.82 Å². The fourth-order valence-electron chi connectivity index (χ4n) is 7.20. The highest BCUT2D eigenvalue weighted by atomic mass is 33.1. The Labute approximate surface area is 267 Å². The lowest BCUT2D eigenvalue weighted by molar-refractivity contribution is -0.315. The number of aliphatic hydroxyl groups is 5. The van der Waals surface area contributed by atoms with Gasteiger partial charge in [-0.15, -0.1) is 0 Å². The second kappa shape index (κ2) is 11.4. The highest BCUT2D eigenvalue weighted by molar-refractivity contribution is 8.77. The van der Waals surface area contributed by atoms with Crippen LogP contribution in [0.5, 0.6) is 5.75 Å². The summed E-state index contributed by atoms with van der Waals surface area (Å²) in [6.45, 7) is 1.08. The van der Waals surface area contributed by atoms with Crippen LogP contribution in [-0.4, -0.2) is 90.0 Å². The third-order valence-corrected chi connectivity index (χ3v) is 12.5. The summed E-state index contributed by atoms with van der Waals surface area (Å²) in [5.74, 6) is -1.35. The van der Waals surface area contributed by atoms with E-state index in [0.29, 0.717) is 17.8 Å². The van der Waals surface area contributed by atoms with Crippen molar-refractivity contribution in [3.8, 4) is 5.75 Å². The van der Waals surface area contributed by atoms with Crippen LogP contribution in [0.1, 0.15) is 51.6 Å². The molecule has 0 amide bonds. The number of ether oxygens (including phenoxy) is 2. The molecule has 2 aliphatic carbocycles. The molecule has 8 rings (SSSR count). The summed E-state index contributed by atoms with van der Waals surface area (Å²) >= 11 is 0. The van der Waals surface area contributed by atoms with Gasteiger partial charge in [0.15, 0.2) is 11.6 Å². The van der Waals surface area contributed by atoms with Crippen molar-refractivity contribution in [3.63, 3.8) is 0 Å². The number of aryl methyl sites for hydroxylation is 1. The topological polar surface area (TPSA) is 179 Å². The molecular weight excluding hydrogens is 620 g/mol. The average Bonchev–Trinajstić information content (AvgIpc) is 3.03. The van der Waals surface area contributed by atoms with E-state index >= 15 is 0 Å². The number of anilines is 1. The minimum atomic E-state index is -2.16. The number of carbonyl (C=O) groups excluding carboxylic acids is 2. The van der Waals surface area contributed by atoms with Crippen molar-refractivity contribution < 1.29 is 44.6 Å². The maximum Gasteiger partial charge on any atom is 0.229 e. The quantitative estimate of drug-likeness (QED) is 0.248. The van der Waals surface area contributed by atoms with Gasteiger partial charge in [-0.05, 0) is 61.9 Å². The van der Waals surface area contributed by atoms with Crippen LogP contribution in [0, 0.1) is 11.3 Å². The Morgan fingerprint density at radius 2 is 1.98 bits per heavy atom. The largest absolute Gasteiger partial charge is 0.511 e. The Morgan fingerprint density at radius 1 is 1.16 bits per heavy atom. The predicted octanol–water partition coefficient (Wildman–Crippen LogP) is 2.73. The van der Waals surface area contributed by atoms with E-state index in [0.717, 1.165) is 17.5 Å². The summed E-state index contributed by atoms with van der Waals surface area (Å²) < 4.78 is 11.9. The van der Waals surface area contributed by atoms with E-state index in [4.69, 9.17) is 9.47 Å². The van der Waals surface area contributed by atoms with Gasteiger partial charge in [-0.3, -0.25) is 9.59 Å². The lowest BCUT2D eigenvalue weighted by Crippen LogP contribution is -2.68. The van der Waals surface area contributed by atoms with Gasteiger partial charge in [0.25, 0.3) is 0 Å². The second-order valence-electron chi connectivity index (χ2n) is 12.3. The van der Waals surface area contributed by atoms with Crippen molar-refractivity contribution in [3.05, 3.63) is 76.2 Å². The van der Waals surface area contributed by atoms with Crippen LogP contribution < -0.4 is 10.1 Å². The van der Waals surface area contributed by atoms with Crippen molar-refractivity contribution in [2.24, 2.45) is 11.3 Å². The number of aromatic nitrogens is 1. The summed E-state index contributed by atoms with van der Waals surface area (Å²) in [5, 5.41) is 59.3. The minimum absolute atomic E-state index is 0.0657. The van der Waals surface area contributed by atoms with E-state index in [1.165, 1.54) is 39.8 Å². The van der Waals surface area contributed by atoms with E-state index in [1.54, 1.807) is 25.3 Å². The molecule has 1 aromatic heterocycles. The Balaban J connectivity index is 1.37. The number of benzene rings is 1. The lowest BCUT2D eigenvalue weighted by atomic mass is 9.60. The Hall–Kier alpha value is -2.91. The smallest absolute Gasteiger partial charge is 0.229 e. The Bertz CT molecular complexity index is 1630. The molecule has 1 aromatic carbocycles. The summed E-state index contributed by atoms with van der Waals surface area (Å²) in [6, 6.07) is 6.38. The molecule has 6 aliphatic rings. The normalized spacial score (nSPS) is 36.0. The molecule has 8 bridgehead atoms. The number of carbonyl (C=O) groups is 2. The molecule has 6 N–H and O–H groups in total. The average molecular weight is 655 g/mol. The van der Waals surface area contributed by atoms with Crippen molar-refractivity contribution in [2.75, 3.05) is 17.7 Å². The van der Waals surface area contributed by atoms with Crippen molar-refractivity contribution in [2.45, 2.75) is 68.2 Å². The third kappa shape index (κ3) is 4.74. The Kier molecular flexibility index (Phi) is 7.79. The molecule has 0 radical (unpaired) electrons. The van der Waals surface area contributed by atoms with E-state index in [1.807, 2.05) is 6.07 Å². The number of rotatable bonds is 1. The molecular formula is C32H34N2O9S2. The molecule has 8 unspecified atom stereocenters. The highest BCUT2D eigenvalue weighted by Gasteiger charge is 2.59. The number of fused-ring (bicyclic) bond motifs is 4. The molecule has 45 heavy (non-hydrogen) atoms. The molecule has 5 heterocycles. The maximum absolute atomic E-state index is 14.6. The Morgan fingerprint density at radius 3 is 2.78 bits per heavy atom. The number of hydrogen-bond acceptors (Lipinski definition) is 13. The van der Waals surface area contributed by atoms with Gasteiger partial charge in [0.2, 0.25) is 6.29 Å². The van der Waals surface area contributed by atoms with Gasteiger partial charge >= 0.3 is 0 Å². The van der Waals surface area contributed by atoms with Crippen LogP contribution in [0.2, 0.25) is 0 Å². The lowest BCUT2D eigenvalue weighted by Gasteiger charge is -2.48. The van der Waals surface area contributed by atoms with Crippen molar-refractivity contribution >= 4 is 39.0 Å². The van der Waals surface area contributed by atoms with Gasteiger partial charge in [0, 0.05) is 17.5 Å². The molecule has 238 valence electrons. The molecule has 2 aromatic rings. The van der Waals surface area contributed by atoms with Gasteiger partial charge in [0.05, 0.1) is 23.5 Å². The molecule has 1 saturated heterocycles. The van der Waals surface area contributed by atoms with Crippen molar-refractivity contribution in [1.82, 2.24) is 4.98 Å². The third-order valence-electron chi connectivity index (χ3n) is 9.73. The van der Waals surface area contributed by atoms with Crippen LogP contribution >= 0.6 is 21.6 Å². The predicted molar refractivity (Wildman–Crippen MR) is 167 cm³/mol. The van der Waals surface area contributed by atoms with Gasteiger partial charge in [-0.25, -0.2) is 4.98 Å². The van der Waals surface area contributed by atoms with E-state index in [-0.39, 0.29) is 52.4 Å². The monoisotopic (exact) mass is 654 g/mol. The zero-order chi connectivity index (χ0) is 31.7. The van der Waals surface area contributed by atoms with E-state index in [9.17, 15) is 35.1 Å². The molecule has 1 spiro atoms. The van der Waals surface area contributed by atoms with Gasteiger partial charge in [-0.1, -0.05) is 45.4 Å². The van der Waals surface area contributed by atoms with E-state index < -0.39 is 53.9 Å². The molecule has 11 nitrogen and oxygen atoms in total. The van der Waals surface area contributed by atoms with Crippen LogP contribution in [0.3, 0.4) is 0 Å². The summed E-state index contributed by atoms with van der Waals surface area (Å²) in [7, 11) is 2.91. The summed E-state index contributed by atoms with van der Waals surface area (Å²) in [6.07, 6.45) is 0.0789. The molecule has 0 saturated carbocycles. The SMILES string of the molecule is CC1=CC2C(=O)c3cccc4c3C(=O)C2(CSSC2CCc3c(ccnc3N2)CCC2(O)C(O)C(CO)OC(O4)C2O)C(O)=C1. The maximum atomic E-state index is 14.6. The fraction of sp³-hybridized carbons (Fsp3) is 0.469. The number of Topliss-reactive ketones (excluding diaryl/α,β-unsaturated/α-hetero) is 2. The number of nitrogens with zero attached hydrogens (tertiary/aromatic N) is 1. The van der Waals surface area contributed by atoms with Crippen LogP contribution in [0.15, 0.2) is 53.9 Å². The van der Waals surface area contributed by atoms with Crippen LogP contribution in [-0.2, 0) is 17.6 Å². The van der Waals surface area contributed by atoms with E-state index in [2.05, 4.69) is 10.3 Å². The number of ketones is 2. The van der Waals surface area contributed by atoms with Crippen LogP contribution in [0.25, 0.3) is 0 Å². The second-order valence-corrected chi connectivity index (χ2v) is 14.9. The highest BCUT2D eigenvalue weighted by Crippen LogP contribution is 2.53. The first-order chi connectivity index (χ1) is 21.6. The number of hydrogen-bond donors (Lipinski definition) is 6. The van der Waals surface area contributed by atoms with Gasteiger partial charge in [-0.2, -0.15) is 0 Å².